The number of hydrogen-bond acceptors (Lipinski definition) is 6. The van der Waals surface area contributed by atoms with Crippen molar-refractivity contribution in [2.75, 3.05) is 6.54 Å². The summed E-state index contributed by atoms with van der Waals surface area (Å²) in [6, 6.07) is 0. The van der Waals surface area contributed by atoms with Crippen LogP contribution in [0.4, 0.5) is 13.2 Å². The Hall–Kier alpha value is -2.56. The van der Waals surface area contributed by atoms with Crippen LogP contribution in [0.2, 0.25) is 0 Å². The summed E-state index contributed by atoms with van der Waals surface area (Å²) in [6.45, 7) is 5.90. The van der Waals surface area contributed by atoms with Crippen molar-refractivity contribution in [1.82, 2.24) is 29.9 Å². The minimum Gasteiger partial charge on any atom is -0.356 e. The molecule has 0 aliphatic heterocycles. The first-order valence-corrected chi connectivity index (χ1v) is 10.5. The molecule has 3 aromatic rings. The number of halogens is 3. The quantitative estimate of drug-likeness (QED) is 0.541. The number of fused-ring (bicyclic) bond motifs is 1. The Balaban J connectivity index is 1.51. The maximum absolute atomic E-state index is 12.9. The Kier molecular flexibility index (Phi) is 6.69. The lowest BCUT2D eigenvalue weighted by Gasteiger charge is -2.10. The molecule has 1 amide bonds. The maximum Gasteiger partial charge on any atom is 0.453 e. The Morgan fingerprint density at radius 2 is 1.90 bits per heavy atom. The predicted molar refractivity (Wildman–Crippen MR) is 106 cm³/mol. The number of alkyl halides is 3. The van der Waals surface area contributed by atoms with Crippen LogP contribution in [0, 0.1) is 20.8 Å². The van der Waals surface area contributed by atoms with E-state index in [1.54, 1.807) is 25.2 Å². The van der Waals surface area contributed by atoms with Gasteiger partial charge < -0.3 is 5.32 Å². The second-order valence-electron chi connectivity index (χ2n) is 7.10. The predicted octanol–water partition coefficient (Wildman–Crippen LogP) is 3.60. The smallest absolute Gasteiger partial charge is 0.356 e. The summed E-state index contributed by atoms with van der Waals surface area (Å²) in [6.07, 6.45) is -1.34. The van der Waals surface area contributed by atoms with Gasteiger partial charge in [-0.25, -0.2) is 14.5 Å². The molecule has 162 valence electrons. The number of thiazole rings is 1. The van der Waals surface area contributed by atoms with Crippen LogP contribution in [0.25, 0.3) is 5.78 Å². The highest BCUT2D eigenvalue weighted by Gasteiger charge is 2.36. The van der Waals surface area contributed by atoms with E-state index < -0.39 is 12.0 Å². The van der Waals surface area contributed by atoms with E-state index in [4.69, 9.17) is 0 Å². The number of nitrogens with one attached hydrogen (secondary N) is 1. The van der Waals surface area contributed by atoms with Crippen LogP contribution in [0.1, 0.15) is 52.7 Å². The maximum atomic E-state index is 12.9. The van der Waals surface area contributed by atoms with Crippen molar-refractivity contribution in [2.24, 2.45) is 0 Å². The Bertz CT molecular complexity index is 1040. The van der Waals surface area contributed by atoms with Crippen molar-refractivity contribution >= 4 is 23.0 Å². The van der Waals surface area contributed by atoms with E-state index in [0.29, 0.717) is 29.9 Å². The van der Waals surface area contributed by atoms with Crippen molar-refractivity contribution in [2.45, 2.75) is 59.1 Å². The monoisotopic (exact) mass is 440 g/mol. The summed E-state index contributed by atoms with van der Waals surface area (Å²) in [4.78, 5) is 24.1. The molecular formula is C19H23F3N6OS. The molecule has 0 aromatic carbocycles. The fraction of sp³-hybridized carbons (Fsp3) is 0.526. The first-order valence-electron chi connectivity index (χ1n) is 9.63. The summed E-state index contributed by atoms with van der Waals surface area (Å²) >= 11 is 1.65. The summed E-state index contributed by atoms with van der Waals surface area (Å²) in [5, 5.41) is 9.54. The van der Waals surface area contributed by atoms with Gasteiger partial charge in [-0.1, -0.05) is 0 Å². The van der Waals surface area contributed by atoms with Crippen molar-refractivity contribution < 1.29 is 18.0 Å². The molecule has 0 aliphatic carbocycles. The number of amides is 1. The van der Waals surface area contributed by atoms with E-state index in [1.165, 1.54) is 0 Å². The largest absolute Gasteiger partial charge is 0.453 e. The van der Waals surface area contributed by atoms with Crippen molar-refractivity contribution in [3.63, 3.8) is 0 Å². The van der Waals surface area contributed by atoms with Crippen LogP contribution in [-0.4, -0.2) is 37.0 Å². The number of nitrogens with zero attached hydrogens (tertiary/aromatic N) is 5. The normalized spacial score (nSPS) is 11.9. The lowest BCUT2D eigenvalue weighted by atomic mass is 10.1. The number of unbranched alkanes of at least 4 members (excludes halogenated alkanes) is 1. The molecule has 30 heavy (non-hydrogen) atoms. The molecule has 0 bridgehead atoms. The molecule has 3 rings (SSSR count). The lowest BCUT2D eigenvalue weighted by Crippen LogP contribution is -2.25. The molecule has 0 saturated heterocycles. The highest BCUT2D eigenvalue weighted by molar-refractivity contribution is 7.09. The van der Waals surface area contributed by atoms with Crippen LogP contribution in [-0.2, 0) is 23.8 Å². The van der Waals surface area contributed by atoms with E-state index in [-0.39, 0.29) is 18.1 Å². The van der Waals surface area contributed by atoms with E-state index >= 15 is 0 Å². The summed E-state index contributed by atoms with van der Waals surface area (Å²) in [7, 11) is 0. The van der Waals surface area contributed by atoms with Gasteiger partial charge in [0.15, 0.2) is 0 Å². The molecule has 0 atom stereocenters. The summed E-state index contributed by atoms with van der Waals surface area (Å²) in [5.74, 6) is -1.42. The summed E-state index contributed by atoms with van der Waals surface area (Å²) in [5.41, 5.74) is 2.79. The van der Waals surface area contributed by atoms with E-state index in [9.17, 15) is 18.0 Å². The van der Waals surface area contributed by atoms with Crippen LogP contribution in [0.5, 0.6) is 0 Å². The molecule has 0 radical (unpaired) electrons. The zero-order valence-electron chi connectivity index (χ0n) is 17.0. The lowest BCUT2D eigenvalue weighted by molar-refractivity contribution is -0.144. The molecule has 3 aromatic heterocycles. The molecule has 0 saturated carbocycles. The first kappa shape index (κ1) is 22.1. The van der Waals surface area contributed by atoms with Gasteiger partial charge in [-0.15, -0.1) is 16.4 Å². The number of carbonyl (C=O) groups is 1. The van der Waals surface area contributed by atoms with Gasteiger partial charge in [0.1, 0.15) is 0 Å². The van der Waals surface area contributed by atoms with Crippen molar-refractivity contribution in [3.05, 3.63) is 38.9 Å². The average Bonchev–Trinajstić information content (AvgIpc) is 3.27. The van der Waals surface area contributed by atoms with Crippen LogP contribution in [0.15, 0.2) is 5.38 Å². The van der Waals surface area contributed by atoms with Gasteiger partial charge in [0.25, 0.3) is 11.6 Å². The zero-order chi connectivity index (χ0) is 21.9. The van der Waals surface area contributed by atoms with Gasteiger partial charge in [-0.3, -0.25) is 4.79 Å². The second kappa shape index (κ2) is 9.07. The SMILES string of the molecule is Cc1csc(CCCCNC(=O)CCc2c(C)nc3nc(C(F)(F)F)nn3c2C)n1. The molecule has 0 unspecified atom stereocenters. The molecule has 11 heteroatoms. The minimum absolute atomic E-state index is 0.0963. The number of hydrogen-bond donors (Lipinski definition) is 1. The fourth-order valence-corrected chi connectivity index (χ4v) is 3.98. The van der Waals surface area contributed by atoms with Gasteiger partial charge in [0, 0.05) is 35.4 Å². The number of aromatic nitrogens is 5. The third kappa shape index (κ3) is 5.32. The third-order valence-corrected chi connectivity index (χ3v) is 5.74. The highest BCUT2D eigenvalue weighted by atomic mass is 32.1. The number of carbonyl (C=O) groups excluding carboxylic acids is 1. The van der Waals surface area contributed by atoms with Gasteiger partial charge in [0.2, 0.25) is 5.91 Å². The minimum atomic E-state index is -4.63. The van der Waals surface area contributed by atoms with Crippen LogP contribution < -0.4 is 5.32 Å². The van der Waals surface area contributed by atoms with Gasteiger partial charge >= 0.3 is 6.18 Å². The van der Waals surface area contributed by atoms with E-state index in [2.05, 4.69) is 25.4 Å². The Morgan fingerprint density at radius 3 is 2.57 bits per heavy atom. The highest BCUT2D eigenvalue weighted by Crippen LogP contribution is 2.27. The molecule has 3 heterocycles. The van der Waals surface area contributed by atoms with Gasteiger partial charge in [0.05, 0.1) is 5.01 Å². The fourth-order valence-electron chi connectivity index (χ4n) is 3.16. The van der Waals surface area contributed by atoms with Crippen molar-refractivity contribution in [1.29, 1.82) is 0 Å². The molecular weight excluding hydrogens is 417 g/mol. The van der Waals surface area contributed by atoms with Crippen molar-refractivity contribution in [3.8, 4) is 0 Å². The Morgan fingerprint density at radius 1 is 1.13 bits per heavy atom. The van der Waals surface area contributed by atoms with E-state index in [0.717, 1.165) is 34.5 Å². The van der Waals surface area contributed by atoms with E-state index in [1.807, 2.05) is 12.3 Å². The van der Waals surface area contributed by atoms with Gasteiger partial charge in [-0.2, -0.15) is 18.2 Å². The number of rotatable bonds is 8. The molecule has 0 aliphatic rings. The average molecular weight is 440 g/mol. The number of aryl methyl sites for hydroxylation is 4. The molecule has 7 nitrogen and oxygen atoms in total. The van der Waals surface area contributed by atoms with Gasteiger partial charge in [-0.05, 0) is 52.0 Å². The molecule has 0 fully saturated rings. The summed E-state index contributed by atoms with van der Waals surface area (Å²) < 4.78 is 39.7. The zero-order valence-corrected chi connectivity index (χ0v) is 17.8. The standard InChI is InChI=1S/C19H23F3N6OS/c1-11-10-30-16(24-11)6-4-5-9-23-15(29)8-7-14-12(2)25-18-26-17(19(20,21)22)27-28(18)13(14)3/h10H,4-9H2,1-3H3,(H,23,29). The molecule has 1 N–H and O–H groups in total. The van der Waals surface area contributed by atoms with Crippen LogP contribution in [0.3, 0.4) is 0 Å². The third-order valence-electron chi connectivity index (χ3n) is 4.71. The topological polar surface area (TPSA) is 85.1 Å². The molecule has 0 spiro atoms. The second-order valence-corrected chi connectivity index (χ2v) is 8.04. The van der Waals surface area contributed by atoms with Crippen LogP contribution >= 0.6 is 11.3 Å². The first-order chi connectivity index (χ1) is 14.1. The Labute approximate surface area is 175 Å².